The minimum Gasteiger partial charge on any atom is -0.480 e. The minimum atomic E-state index is -1.60. The van der Waals surface area contributed by atoms with E-state index in [0.717, 1.165) is 10.9 Å². The van der Waals surface area contributed by atoms with Crippen LogP contribution in [0.3, 0.4) is 0 Å². The summed E-state index contributed by atoms with van der Waals surface area (Å²) in [5, 5.41) is 44.7. The predicted molar refractivity (Wildman–Crippen MR) is 321 cm³/mol. The first-order valence-electron chi connectivity index (χ1n) is 27.9. The number of aliphatic carboxylic acids is 1. The lowest BCUT2D eigenvalue weighted by Crippen LogP contribution is -2.62. The van der Waals surface area contributed by atoms with Crippen molar-refractivity contribution in [1.29, 1.82) is 0 Å². The van der Waals surface area contributed by atoms with Gasteiger partial charge in [0.25, 0.3) is 0 Å². The van der Waals surface area contributed by atoms with Gasteiger partial charge in [-0.2, -0.15) is 37.0 Å². The smallest absolute Gasteiger partial charge is 0.327 e. The first-order chi connectivity index (χ1) is 39.3. The number of aliphatic hydroxyl groups is 1. The van der Waals surface area contributed by atoms with Gasteiger partial charge in [-0.15, -0.1) is 0 Å². The van der Waals surface area contributed by atoms with Crippen LogP contribution in [0.15, 0.2) is 30.5 Å². The zero-order chi connectivity index (χ0) is 62.1. The molecule has 0 aliphatic carbocycles. The average Bonchev–Trinajstić information content (AvgIpc) is 3.99. The number of nitrogens with one attached hydrogen (secondary N) is 10. The first-order valence-corrected chi connectivity index (χ1v) is 30.6. The number of nitrogens with zero attached hydrogens (tertiary/aromatic N) is 1. The number of unbranched alkanes of at least 4 members (excludes halogenated alkanes) is 1. The standard InChI is InChI=1S/C54H87N13O13S3/c1-8-29(4)43(52(77)61-36(16-11-12-19-55)47(72)64-40(27-82)54(79)80)65-50(75)39(23-32-24-57-35-15-10-9-14-33(32)35)62-45(70)30(5)59-51(76)41-17-13-20-67(41)53(78)44(31(6)68)66-49(74)38(22-28(2)3)63-48(73)37(18-21-83-7)60-42(69)25-58-46(71)34(56)26-81/h9-10,14-15,24,28-31,34,36-41,43-44,57,68,81-82H,8,11-13,16-23,25-27,55-56H2,1-7H3,(H,58,71)(H,59,76)(H,60,69)(H,61,77)(H,62,70)(H,63,73)(H,64,72)(H,65,75)(H,66,74)(H,79,80)/t29-,30-,31+,34-,36-,37-,38-,39-,40-,41-,43-,44-/m0/s1. The summed E-state index contributed by atoms with van der Waals surface area (Å²) in [6.45, 7) is 9.62. The number of fused-ring (bicyclic) bond motifs is 1. The molecule has 2 aromatic rings. The van der Waals surface area contributed by atoms with Gasteiger partial charge in [0.2, 0.25) is 59.1 Å². The maximum Gasteiger partial charge on any atom is 0.327 e. The third-order valence-corrected chi connectivity index (χ3v) is 15.5. The minimum absolute atomic E-state index is 0.0377. The van der Waals surface area contributed by atoms with Gasteiger partial charge >= 0.3 is 5.97 Å². The highest BCUT2D eigenvalue weighted by atomic mass is 32.2. The van der Waals surface area contributed by atoms with Gasteiger partial charge in [-0.1, -0.05) is 52.3 Å². The maximum atomic E-state index is 14.5. The van der Waals surface area contributed by atoms with Crippen molar-refractivity contribution in [2.45, 2.75) is 166 Å². The predicted octanol–water partition coefficient (Wildman–Crippen LogP) is -1.66. The van der Waals surface area contributed by atoms with Gasteiger partial charge in [0.15, 0.2) is 0 Å². The summed E-state index contributed by atoms with van der Waals surface area (Å²) in [6, 6.07) is -5.33. The van der Waals surface area contributed by atoms with Crippen LogP contribution in [0, 0.1) is 11.8 Å². The topological polar surface area (TPSA) is 408 Å². The summed E-state index contributed by atoms with van der Waals surface area (Å²) in [5.41, 5.74) is 12.7. The van der Waals surface area contributed by atoms with Gasteiger partial charge < -0.3 is 79.4 Å². The lowest BCUT2D eigenvalue weighted by Gasteiger charge is -2.32. The highest BCUT2D eigenvalue weighted by molar-refractivity contribution is 7.98. The Labute approximate surface area is 499 Å². The quantitative estimate of drug-likeness (QED) is 0.0268. The fourth-order valence-corrected chi connectivity index (χ4v) is 9.95. The van der Waals surface area contributed by atoms with Crippen LogP contribution in [0.2, 0.25) is 0 Å². The number of benzene rings is 1. The molecule has 1 aromatic carbocycles. The number of rotatable bonds is 36. The zero-order valence-electron chi connectivity index (χ0n) is 48.3. The second-order valence-electron chi connectivity index (χ2n) is 21.2. The van der Waals surface area contributed by atoms with Crippen molar-refractivity contribution in [3.63, 3.8) is 0 Å². The van der Waals surface area contributed by atoms with Gasteiger partial charge in [0.1, 0.15) is 54.4 Å². The molecule has 2 heterocycles. The van der Waals surface area contributed by atoms with Crippen molar-refractivity contribution in [3.8, 4) is 0 Å². The molecule has 1 fully saturated rings. The monoisotopic (exact) mass is 1220 g/mol. The van der Waals surface area contributed by atoms with Gasteiger partial charge in [-0.05, 0) is 101 Å². The molecule has 83 heavy (non-hydrogen) atoms. The number of likely N-dealkylation sites (tertiary alicyclic amines) is 1. The number of amides is 10. The number of thioether (sulfide) groups is 1. The molecule has 0 radical (unpaired) electrons. The van der Waals surface area contributed by atoms with Crippen LogP contribution in [0.5, 0.6) is 0 Å². The third kappa shape index (κ3) is 22.4. The number of carbonyl (C=O) groups excluding carboxylic acids is 10. The largest absolute Gasteiger partial charge is 0.480 e. The van der Waals surface area contributed by atoms with Crippen molar-refractivity contribution in [2.24, 2.45) is 23.3 Å². The van der Waals surface area contributed by atoms with Gasteiger partial charge in [0.05, 0.1) is 18.7 Å². The number of aromatic nitrogens is 1. The van der Waals surface area contributed by atoms with E-state index in [0.29, 0.717) is 43.5 Å². The van der Waals surface area contributed by atoms with Gasteiger partial charge in [0, 0.05) is 41.6 Å². The van der Waals surface area contributed by atoms with Crippen molar-refractivity contribution in [3.05, 3.63) is 36.0 Å². The average molecular weight is 1220 g/mol. The molecule has 10 amide bonds. The van der Waals surface area contributed by atoms with Crippen LogP contribution in [0.4, 0.5) is 0 Å². The Hall–Kier alpha value is -6.14. The van der Waals surface area contributed by atoms with Crippen molar-refractivity contribution >= 4 is 113 Å². The second-order valence-corrected chi connectivity index (χ2v) is 22.9. The van der Waals surface area contributed by atoms with E-state index in [-0.39, 0.29) is 56.1 Å². The summed E-state index contributed by atoms with van der Waals surface area (Å²) in [4.78, 5) is 154. The van der Waals surface area contributed by atoms with E-state index in [4.69, 9.17) is 11.5 Å². The van der Waals surface area contributed by atoms with Crippen molar-refractivity contribution < 1.29 is 63.0 Å². The van der Waals surface area contributed by atoms with Crippen molar-refractivity contribution in [2.75, 3.05) is 43.1 Å². The molecule has 0 unspecified atom stereocenters. The molecular formula is C54H87N13O13S3. The normalized spacial score (nSPS) is 17.2. The fourth-order valence-electron chi connectivity index (χ4n) is 9.07. The van der Waals surface area contributed by atoms with Crippen LogP contribution >= 0.6 is 37.0 Å². The Bertz CT molecular complexity index is 2540. The summed E-state index contributed by atoms with van der Waals surface area (Å²) in [7, 11) is 0. The number of hydrogen-bond acceptors (Lipinski definition) is 17. The summed E-state index contributed by atoms with van der Waals surface area (Å²) < 4.78 is 0. The number of nitrogens with two attached hydrogens (primary N) is 2. The molecule has 1 aliphatic heterocycles. The maximum absolute atomic E-state index is 14.5. The molecule has 0 bridgehead atoms. The zero-order valence-corrected chi connectivity index (χ0v) is 50.9. The van der Waals surface area contributed by atoms with E-state index >= 15 is 0 Å². The molecule has 1 aliphatic rings. The highest BCUT2D eigenvalue weighted by Crippen LogP contribution is 2.22. The third-order valence-electron chi connectivity index (χ3n) is 14.1. The summed E-state index contributed by atoms with van der Waals surface area (Å²) in [5.74, 6) is -9.27. The molecule has 26 nitrogen and oxygen atoms in total. The number of aliphatic hydroxyl groups excluding tert-OH is 1. The highest BCUT2D eigenvalue weighted by Gasteiger charge is 2.42. The molecule has 3 rings (SSSR count). The Morgan fingerprint density at radius 3 is 1.94 bits per heavy atom. The Balaban J connectivity index is 1.83. The summed E-state index contributed by atoms with van der Waals surface area (Å²) >= 11 is 9.42. The fraction of sp³-hybridized carbons (Fsp3) is 0.648. The molecule has 0 spiro atoms. The van der Waals surface area contributed by atoms with E-state index < -0.39 is 144 Å². The molecule has 1 aromatic heterocycles. The molecule has 12 atom stereocenters. The molecular weight excluding hydrogens is 1130 g/mol. The number of hydrogen-bond donors (Lipinski definition) is 16. The Kier molecular flexibility index (Phi) is 30.7. The van der Waals surface area contributed by atoms with Crippen LogP contribution < -0.4 is 59.3 Å². The van der Waals surface area contributed by atoms with Crippen LogP contribution in [-0.4, -0.2) is 195 Å². The van der Waals surface area contributed by atoms with Crippen LogP contribution in [0.25, 0.3) is 10.9 Å². The lowest BCUT2D eigenvalue weighted by molar-refractivity contribution is -0.144. The van der Waals surface area contributed by atoms with Crippen LogP contribution in [0.1, 0.15) is 98.5 Å². The van der Waals surface area contributed by atoms with E-state index in [9.17, 15) is 63.0 Å². The molecule has 29 heteroatoms. The van der Waals surface area contributed by atoms with Gasteiger partial charge in [-0.3, -0.25) is 47.9 Å². The van der Waals surface area contributed by atoms with E-state index in [1.54, 1.807) is 46.2 Å². The summed E-state index contributed by atoms with van der Waals surface area (Å²) in [6.07, 6.45) is 4.00. The van der Waals surface area contributed by atoms with Crippen LogP contribution in [-0.2, 0) is 59.2 Å². The number of aromatic amines is 1. The lowest BCUT2D eigenvalue weighted by atomic mass is 9.96. The SMILES string of the molecule is CC[C@H](C)[C@H](NC(=O)[C@H](Cc1c[nH]c2ccccc12)NC(=O)[C@H](C)NC(=O)[C@@H]1CCCN1C(=O)[C@@H](NC(=O)[C@H](CC(C)C)NC(=O)[C@H](CCSC)NC(=O)CNC(=O)[C@@H](N)CS)[C@@H](C)O)C(=O)N[C@@H](CCCCN)C(=O)N[C@@H](CS)C(=O)O. The number of carbonyl (C=O) groups is 11. The van der Waals surface area contributed by atoms with E-state index in [2.05, 4.69) is 78.1 Å². The Morgan fingerprint density at radius 1 is 0.735 bits per heavy atom. The second kappa shape index (κ2) is 35.9. The molecule has 1 saturated heterocycles. The number of thiol groups is 2. The van der Waals surface area contributed by atoms with Crippen molar-refractivity contribution in [1.82, 2.24) is 57.7 Å². The molecule has 16 N–H and O–H groups in total. The molecule has 0 saturated carbocycles. The molecule has 464 valence electrons. The van der Waals surface area contributed by atoms with Gasteiger partial charge in [-0.25, -0.2) is 4.79 Å². The number of carboxylic acids is 1. The number of carboxylic acid groups (broad SMARTS) is 1. The first kappa shape index (κ1) is 71.1. The Morgan fingerprint density at radius 2 is 1.34 bits per heavy atom. The number of H-pyrrole nitrogens is 1. The number of para-hydroxylation sites is 1. The van der Waals surface area contributed by atoms with E-state index in [1.807, 2.05) is 18.2 Å². The van der Waals surface area contributed by atoms with E-state index in [1.165, 1.54) is 30.5 Å².